The van der Waals surface area contributed by atoms with Crippen LogP contribution in [0.2, 0.25) is 0 Å². The fourth-order valence-electron chi connectivity index (χ4n) is 2.19. The third kappa shape index (κ3) is 11.9. The standard InChI is InChI=1S/C11H19NO2.C2H6O.C2H6/c1-9(14)11(12-8-13)7-10-5-3-2-4-6-10;1-3-2;1-2/h8,10-11H,2-7H2,1H3,(H,12,13);1-2H3;1-2H3. The zero-order valence-corrected chi connectivity index (χ0v) is 13.2. The van der Waals surface area contributed by atoms with Crippen LogP contribution >= 0.6 is 0 Å². The minimum Gasteiger partial charge on any atom is -0.388 e. The molecule has 0 aliphatic heterocycles. The maximum atomic E-state index is 11.2. The number of methoxy groups -OCH3 is 1. The van der Waals surface area contributed by atoms with E-state index in [1.165, 1.54) is 32.1 Å². The van der Waals surface area contributed by atoms with E-state index in [2.05, 4.69) is 10.1 Å². The second-order valence-electron chi connectivity index (χ2n) is 4.60. The normalized spacial score (nSPS) is 16.1. The highest BCUT2D eigenvalue weighted by molar-refractivity contribution is 5.83. The van der Waals surface area contributed by atoms with E-state index in [0.717, 1.165) is 6.42 Å². The first-order chi connectivity index (χ1) is 9.15. The van der Waals surface area contributed by atoms with Crippen LogP contribution < -0.4 is 5.32 Å². The molecule has 0 aromatic heterocycles. The highest BCUT2D eigenvalue weighted by Gasteiger charge is 2.21. The minimum absolute atomic E-state index is 0.0719. The summed E-state index contributed by atoms with van der Waals surface area (Å²) in [6.45, 7) is 5.55. The van der Waals surface area contributed by atoms with Crippen LogP contribution in [0.15, 0.2) is 0 Å². The van der Waals surface area contributed by atoms with Crippen LogP contribution in [0.5, 0.6) is 0 Å². The number of rotatable bonds is 5. The number of hydrogen-bond acceptors (Lipinski definition) is 3. The lowest BCUT2D eigenvalue weighted by Crippen LogP contribution is -2.36. The topological polar surface area (TPSA) is 55.4 Å². The van der Waals surface area contributed by atoms with Gasteiger partial charge >= 0.3 is 0 Å². The SMILES string of the molecule is CC.CC(=O)C(CC1CCCCC1)NC=O.COC. The Morgan fingerprint density at radius 1 is 1.26 bits per heavy atom. The number of carbonyl (C=O) groups excluding carboxylic acids is 2. The lowest BCUT2D eigenvalue weighted by Gasteiger charge is -2.24. The Labute approximate surface area is 118 Å². The van der Waals surface area contributed by atoms with Gasteiger partial charge in [0.25, 0.3) is 0 Å². The van der Waals surface area contributed by atoms with Crippen LogP contribution in [-0.2, 0) is 14.3 Å². The first-order valence-corrected chi connectivity index (χ1v) is 7.26. The van der Waals surface area contributed by atoms with Gasteiger partial charge in [-0.05, 0) is 19.3 Å². The van der Waals surface area contributed by atoms with Crippen molar-refractivity contribution in [3.63, 3.8) is 0 Å². The Bertz CT molecular complexity index is 213. The Balaban J connectivity index is 0. The molecule has 0 saturated heterocycles. The summed E-state index contributed by atoms with van der Waals surface area (Å²) in [7, 11) is 3.25. The van der Waals surface area contributed by atoms with E-state index in [1.807, 2.05) is 13.8 Å². The van der Waals surface area contributed by atoms with Crippen LogP contribution in [0.4, 0.5) is 0 Å². The molecule has 0 aromatic carbocycles. The fraction of sp³-hybridized carbons (Fsp3) is 0.867. The van der Waals surface area contributed by atoms with Gasteiger partial charge < -0.3 is 10.1 Å². The molecule has 1 N–H and O–H groups in total. The molecule has 1 fully saturated rings. The molecule has 0 heterocycles. The van der Waals surface area contributed by atoms with E-state index >= 15 is 0 Å². The number of ether oxygens (including phenoxy) is 1. The molecule has 0 spiro atoms. The summed E-state index contributed by atoms with van der Waals surface area (Å²) in [5.74, 6) is 0.702. The minimum atomic E-state index is -0.254. The first-order valence-electron chi connectivity index (χ1n) is 7.26. The average molecular weight is 273 g/mol. The van der Waals surface area contributed by atoms with Gasteiger partial charge in [-0.3, -0.25) is 9.59 Å². The Kier molecular flexibility index (Phi) is 16.3. The Morgan fingerprint density at radius 3 is 2.11 bits per heavy atom. The summed E-state index contributed by atoms with van der Waals surface area (Å²) in [6.07, 6.45) is 7.76. The summed E-state index contributed by atoms with van der Waals surface area (Å²) in [5.41, 5.74) is 0. The van der Waals surface area contributed by atoms with Gasteiger partial charge in [0.2, 0.25) is 6.41 Å². The van der Waals surface area contributed by atoms with Crippen LogP contribution in [0.25, 0.3) is 0 Å². The molecule has 0 aromatic rings. The van der Waals surface area contributed by atoms with Gasteiger partial charge in [0.05, 0.1) is 6.04 Å². The molecule has 1 saturated carbocycles. The van der Waals surface area contributed by atoms with Gasteiger partial charge in [0.1, 0.15) is 0 Å². The lowest BCUT2D eigenvalue weighted by molar-refractivity contribution is -0.122. The van der Waals surface area contributed by atoms with Gasteiger partial charge in [-0.2, -0.15) is 0 Å². The molecule has 1 rings (SSSR count). The molecular formula is C15H31NO3. The molecule has 1 aliphatic carbocycles. The number of carbonyl (C=O) groups is 2. The monoisotopic (exact) mass is 273 g/mol. The third-order valence-electron chi connectivity index (χ3n) is 3.05. The summed E-state index contributed by atoms with van der Waals surface area (Å²) < 4.78 is 4.25. The Hall–Kier alpha value is -0.900. The van der Waals surface area contributed by atoms with Crippen molar-refractivity contribution in [3.05, 3.63) is 0 Å². The Morgan fingerprint density at radius 2 is 1.74 bits per heavy atom. The predicted octanol–water partition coefficient (Wildman–Crippen LogP) is 2.95. The zero-order chi connectivity index (χ0) is 15.1. The van der Waals surface area contributed by atoms with Crippen molar-refractivity contribution >= 4 is 12.2 Å². The van der Waals surface area contributed by atoms with Crippen LogP contribution in [0, 0.1) is 5.92 Å². The van der Waals surface area contributed by atoms with Gasteiger partial charge in [-0.15, -0.1) is 0 Å². The molecule has 1 aliphatic rings. The zero-order valence-electron chi connectivity index (χ0n) is 13.2. The smallest absolute Gasteiger partial charge is 0.207 e. The van der Waals surface area contributed by atoms with E-state index < -0.39 is 0 Å². The predicted molar refractivity (Wildman–Crippen MR) is 79.1 cm³/mol. The maximum Gasteiger partial charge on any atom is 0.207 e. The molecule has 0 radical (unpaired) electrons. The number of Topliss-reactive ketones (excluding diaryl/α,β-unsaturated/α-hetero) is 1. The summed E-state index contributed by atoms with van der Waals surface area (Å²) in [4.78, 5) is 21.5. The molecular weight excluding hydrogens is 242 g/mol. The molecule has 4 nitrogen and oxygen atoms in total. The molecule has 19 heavy (non-hydrogen) atoms. The van der Waals surface area contributed by atoms with Crippen molar-refractivity contribution in [2.24, 2.45) is 5.92 Å². The second-order valence-corrected chi connectivity index (χ2v) is 4.60. The van der Waals surface area contributed by atoms with Gasteiger partial charge in [0.15, 0.2) is 5.78 Å². The maximum absolute atomic E-state index is 11.2. The number of hydrogen-bond donors (Lipinski definition) is 1. The molecule has 1 unspecified atom stereocenters. The van der Waals surface area contributed by atoms with Crippen molar-refractivity contribution in [2.75, 3.05) is 14.2 Å². The van der Waals surface area contributed by atoms with E-state index in [0.29, 0.717) is 12.3 Å². The van der Waals surface area contributed by atoms with Gasteiger partial charge in [-0.25, -0.2) is 0 Å². The van der Waals surface area contributed by atoms with Crippen LogP contribution in [0.1, 0.15) is 59.3 Å². The average Bonchev–Trinajstić information content (AvgIpc) is 2.42. The van der Waals surface area contributed by atoms with Crippen molar-refractivity contribution in [1.29, 1.82) is 0 Å². The van der Waals surface area contributed by atoms with Crippen LogP contribution in [0.3, 0.4) is 0 Å². The van der Waals surface area contributed by atoms with Gasteiger partial charge in [0, 0.05) is 14.2 Å². The molecule has 114 valence electrons. The van der Waals surface area contributed by atoms with Crippen molar-refractivity contribution in [3.8, 4) is 0 Å². The van der Waals surface area contributed by atoms with E-state index in [9.17, 15) is 9.59 Å². The van der Waals surface area contributed by atoms with Crippen molar-refractivity contribution in [1.82, 2.24) is 5.32 Å². The number of nitrogens with one attached hydrogen (secondary N) is 1. The number of amides is 1. The molecule has 0 bridgehead atoms. The molecule has 1 atom stereocenters. The van der Waals surface area contributed by atoms with E-state index in [-0.39, 0.29) is 11.8 Å². The fourth-order valence-corrected chi connectivity index (χ4v) is 2.19. The molecule has 4 heteroatoms. The number of ketones is 1. The highest BCUT2D eigenvalue weighted by Crippen LogP contribution is 2.27. The summed E-state index contributed by atoms with van der Waals surface area (Å²) >= 11 is 0. The van der Waals surface area contributed by atoms with E-state index in [4.69, 9.17) is 0 Å². The van der Waals surface area contributed by atoms with Crippen molar-refractivity contribution < 1.29 is 14.3 Å². The highest BCUT2D eigenvalue weighted by atomic mass is 16.4. The summed E-state index contributed by atoms with van der Waals surface area (Å²) in [6, 6.07) is -0.254. The first kappa shape index (κ1) is 20.4. The lowest BCUT2D eigenvalue weighted by atomic mass is 9.84. The van der Waals surface area contributed by atoms with Crippen molar-refractivity contribution in [2.45, 2.75) is 65.3 Å². The quantitative estimate of drug-likeness (QED) is 0.784. The largest absolute Gasteiger partial charge is 0.388 e. The van der Waals surface area contributed by atoms with Crippen LogP contribution in [-0.4, -0.2) is 32.5 Å². The van der Waals surface area contributed by atoms with E-state index in [1.54, 1.807) is 21.1 Å². The molecule has 1 amide bonds. The van der Waals surface area contributed by atoms with Gasteiger partial charge in [-0.1, -0.05) is 46.0 Å². The third-order valence-corrected chi connectivity index (χ3v) is 3.05. The second kappa shape index (κ2) is 15.2. The summed E-state index contributed by atoms with van der Waals surface area (Å²) in [5, 5.41) is 2.60.